The van der Waals surface area contributed by atoms with Crippen LogP contribution in [-0.4, -0.2) is 400 Å². The van der Waals surface area contributed by atoms with Crippen LogP contribution in [0.5, 0.6) is 0 Å². The fraction of sp³-hybridized carbons (Fsp3) is 0.839. The first-order valence-corrected chi connectivity index (χ1v) is 31.2. The predicted octanol–water partition coefficient (Wildman–Crippen LogP) is -2.00. The maximum atomic E-state index is 12.5. The second-order valence-corrected chi connectivity index (χ2v) is 20.3. The molecule has 4 unspecified atom stereocenters. The Balaban J connectivity index is 0.00000116. The number of ether oxygens (including phenoxy) is 12. The number of rotatable bonds is 35. The number of amides is 16. The molecule has 16 amide bonds. The van der Waals surface area contributed by atoms with Gasteiger partial charge in [0.2, 0.25) is 0 Å². The van der Waals surface area contributed by atoms with Crippen LogP contribution < -0.4 is 21.3 Å². The van der Waals surface area contributed by atoms with Crippen molar-refractivity contribution in [3.05, 3.63) is 0 Å². The van der Waals surface area contributed by atoms with Gasteiger partial charge in [-0.25, -0.2) is 38.4 Å². The molecule has 6 saturated heterocycles. The molecule has 6 heterocycles. The third-order valence-electron chi connectivity index (χ3n) is 14.5. The summed E-state index contributed by atoms with van der Waals surface area (Å²) in [5, 5.41) is 46.3. The van der Waals surface area contributed by atoms with E-state index in [0.717, 1.165) is 0 Å². The predicted molar refractivity (Wildman–Crippen MR) is 342 cm³/mol. The van der Waals surface area contributed by atoms with Crippen molar-refractivity contribution < 1.29 is 120 Å². The zero-order valence-corrected chi connectivity index (χ0v) is 59.3. The molecule has 0 spiro atoms. The summed E-state index contributed by atoms with van der Waals surface area (Å²) in [5.74, 6) is 0. The second kappa shape index (κ2) is 51.4. The molecule has 0 saturated carbocycles. The lowest BCUT2D eigenvalue weighted by Crippen LogP contribution is -2.48. The number of aliphatic hydroxyl groups is 4. The summed E-state index contributed by atoms with van der Waals surface area (Å²) in [5.41, 5.74) is 0. The number of methoxy groups -OCH3 is 6. The highest BCUT2D eigenvalue weighted by Crippen LogP contribution is 2.35. The minimum Gasteiger partial charge on any atom is -0.395 e. The minimum absolute atomic E-state index is 0.0163. The van der Waals surface area contributed by atoms with E-state index in [1.54, 1.807) is 50.5 Å². The molecule has 97 heavy (non-hydrogen) atoms. The van der Waals surface area contributed by atoms with Crippen molar-refractivity contribution in [2.75, 3.05) is 217 Å². The Morgan fingerprint density at radius 1 is 0.392 bits per heavy atom. The van der Waals surface area contributed by atoms with Crippen LogP contribution in [0.2, 0.25) is 0 Å². The minimum atomic E-state index is -0.593. The SMILES string of the molecule is C=O.CCOCN1C(=O)N(C)C(C)C1OCC.CCOCN1C(=O)N(C)C2C1N(COCC)C(=O)N2C.CCOCNC(=O)NCOCC.COCN1C(=O)N(CCO)C(CO)C1OC.COCN1C(=O)N(CCO)C2C1N(COC)C(=O)N2CCO.COCNC(=O)NCOC. The van der Waals surface area contributed by atoms with E-state index in [-0.39, 0.29) is 179 Å². The van der Waals surface area contributed by atoms with Crippen LogP contribution in [0.3, 0.4) is 0 Å². The van der Waals surface area contributed by atoms with Crippen LogP contribution in [0.25, 0.3) is 0 Å². The van der Waals surface area contributed by atoms with Crippen LogP contribution in [0.1, 0.15) is 48.5 Å². The molecular weight excluding hydrogens is 1300 g/mol. The van der Waals surface area contributed by atoms with Crippen molar-refractivity contribution >= 4 is 55.0 Å². The van der Waals surface area contributed by atoms with Gasteiger partial charge >= 0.3 is 48.2 Å². The molecule has 6 aliphatic rings. The van der Waals surface area contributed by atoms with Crippen molar-refractivity contribution in [2.45, 2.75) is 97.7 Å². The normalized spacial score (nSPS) is 21.4. The zero-order valence-electron chi connectivity index (χ0n) is 59.3. The molecule has 566 valence electrons. The van der Waals surface area contributed by atoms with E-state index in [2.05, 4.69) is 30.7 Å². The first-order chi connectivity index (χ1) is 46.6. The highest BCUT2D eigenvalue weighted by Gasteiger charge is 2.59. The molecule has 4 atom stereocenters. The van der Waals surface area contributed by atoms with Gasteiger partial charge in [0.25, 0.3) is 0 Å². The number of hydrogen-bond donors (Lipinski definition) is 8. The molecule has 0 aliphatic carbocycles. The Morgan fingerprint density at radius 2 is 0.711 bits per heavy atom. The van der Waals surface area contributed by atoms with Crippen LogP contribution in [-0.2, 0) is 61.6 Å². The van der Waals surface area contributed by atoms with Gasteiger partial charge in [0.15, 0.2) is 24.8 Å². The molecule has 8 N–H and O–H groups in total. The van der Waals surface area contributed by atoms with Crippen molar-refractivity contribution in [3.8, 4) is 0 Å². The summed E-state index contributed by atoms with van der Waals surface area (Å²) >= 11 is 0. The van der Waals surface area contributed by atoms with Crippen LogP contribution >= 0.6 is 0 Å². The van der Waals surface area contributed by atoms with Gasteiger partial charge in [-0.2, -0.15) is 0 Å². The van der Waals surface area contributed by atoms with E-state index < -0.39 is 24.6 Å². The van der Waals surface area contributed by atoms with Gasteiger partial charge in [-0.05, 0) is 48.5 Å². The summed E-state index contributed by atoms with van der Waals surface area (Å²) in [6, 6.07) is -2.28. The van der Waals surface area contributed by atoms with Crippen LogP contribution in [0, 0.1) is 0 Å². The summed E-state index contributed by atoms with van der Waals surface area (Å²) < 4.78 is 60.6. The summed E-state index contributed by atoms with van der Waals surface area (Å²) in [4.78, 5) is 121. The van der Waals surface area contributed by atoms with E-state index in [1.165, 1.54) is 72.1 Å². The zero-order chi connectivity index (χ0) is 73.7. The number of aliphatic hydroxyl groups excluding tert-OH is 4. The van der Waals surface area contributed by atoms with Gasteiger partial charge in [-0.3, -0.25) is 39.2 Å². The lowest BCUT2D eigenvalue weighted by atomic mass is 10.2. The highest BCUT2D eigenvalue weighted by molar-refractivity contribution is 5.86. The number of likely N-dealkylation sites (N-methyl/N-ethyl adjacent to an activating group) is 3. The summed E-state index contributed by atoms with van der Waals surface area (Å²) in [6.45, 7) is 19.8. The van der Waals surface area contributed by atoms with E-state index >= 15 is 0 Å². The van der Waals surface area contributed by atoms with Crippen molar-refractivity contribution in [1.82, 2.24) is 80.1 Å². The monoisotopic (exact) mass is 1410 g/mol. The fourth-order valence-corrected chi connectivity index (χ4v) is 10.0. The van der Waals surface area contributed by atoms with E-state index in [9.17, 15) is 53.7 Å². The number of carbonyl (C=O) groups is 9. The largest absolute Gasteiger partial charge is 0.395 e. The Hall–Kier alpha value is -6.81. The van der Waals surface area contributed by atoms with Gasteiger partial charge in [0.05, 0.1) is 32.5 Å². The number of urea groups is 8. The highest BCUT2D eigenvalue weighted by atomic mass is 16.5. The Morgan fingerprint density at radius 3 is 1.06 bits per heavy atom. The molecular formula is C56H112N16O25. The third kappa shape index (κ3) is 26.4. The average Bonchev–Trinajstić information content (AvgIpc) is 1.58. The average molecular weight is 1410 g/mol. The quantitative estimate of drug-likeness (QED) is 0.0251. The van der Waals surface area contributed by atoms with Gasteiger partial charge in [0, 0.05) is 123 Å². The Kier molecular flexibility index (Phi) is 47.8. The molecule has 41 heteroatoms. The first-order valence-electron chi connectivity index (χ1n) is 31.2. The number of nitrogens with zero attached hydrogens (tertiary/aromatic N) is 12. The number of nitrogens with one attached hydrogen (secondary N) is 4. The lowest BCUT2D eigenvalue weighted by molar-refractivity contribution is -0.0980. The van der Waals surface area contributed by atoms with E-state index in [4.69, 9.17) is 57.3 Å². The summed E-state index contributed by atoms with van der Waals surface area (Å²) in [7, 11) is 14.0. The molecule has 0 bridgehead atoms. The fourth-order valence-electron chi connectivity index (χ4n) is 10.0. The Labute approximate surface area is 568 Å². The molecule has 6 aliphatic heterocycles. The molecule has 0 aromatic heterocycles. The van der Waals surface area contributed by atoms with Gasteiger partial charge < -0.3 is 123 Å². The molecule has 0 aromatic rings. The number of β-amino-alcohol motifs (C(OH)–C–C–N with tert-alkyl or cyclic N) is 3. The molecule has 0 aromatic carbocycles. The van der Waals surface area contributed by atoms with Crippen LogP contribution in [0.15, 0.2) is 0 Å². The Bertz CT molecular complexity index is 2090. The molecule has 0 radical (unpaired) electrons. The number of carbonyl (C=O) groups excluding carboxylic acids is 9. The maximum Gasteiger partial charge on any atom is 0.325 e. The molecule has 6 rings (SSSR count). The van der Waals surface area contributed by atoms with Crippen molar-refractivity contribution in [1.29, 1.82) is 0 Å². The van der Waals surface area contributed by atoms with E-state index in [0.29, 0.717) is 46.4 Å². The van der Waals surface area contributed by atoms with Gasteiger partial charge in [-0.15, -0.1) is 0 Å². The second-order valence-electron chi connectivity index (χ2n) is 20.3. The third-order valence-corrected chi connectivity index (χ3v) is 14.5. The number of hydrogen-bond acceptors (Lipinski definition) is 25. The first kappa shape index (κ1) is 90.2. The summed E-state index contributed by atoms with van der Waals surface area (Å²) in [6.07, 6.45) is -2.61. The number of fused-ring (bicyclic) bond motifs is 2. The van der Waals surface area contributed by atoms with Gasteiger partial charge in [-0.1, -0.05) is 0 Å². The molecule has 6 fully saturated rings. The smallest absolute Gasteiger partial charge is 0.325 e. The molecule has 41 nitrogen and oxygen atoms in total. The standard InChI is InChI=1S/C12H22N4O6.C12H22N4O4.C10H20N2O3.C9H18N2O5.C7H16N2O3.C5H12N2O3.CH2O/c1-21-7-15-10-9(13(3-5-17)11(15)19)14(4-6-18)12(20)16(10)8-22-2;1-5-19-7-15-10-9(13(3)11(15)17)14(4)12(18)16(10)8-20-6-2;1-5-14-7-12-9(15-6-2)8(3)11(4)10(12)13;1-15-6-11-8(16-2)7(5-13)10(3-4-12)9(11)14;1-3-11-5-8-7(10)9-6-12-4-2;1-9-3-6-5(8)7-4-10-2;1-2/h9-10,17-18H,3-8H2,1-2H3;9-10H,5-8H2,1-4H3;8-9H,5-7H2,1-4H3;7-8,12-13H,3-6H2,1-2H3;3-6H2,1-2H3,(H2,8,9,10);3-4H2,1-2H3,(H2,6,7,8);1H2. The lowest BCUT2D eigenvalue weighted by Gasteiger charge is -2.28. The van der Waals surface area contributed by atoms with Gasteiger partial charge in [0.1, 0.15) is 92.5 Å². The van der Waals surface area contributed by atoms with Crippen molar-refractivity contribution in [2.24, 2.45) is 0 Å². The maximum absolute atomic E-state index is 12.5. The van der Waals surface area contributed by atoms with Crippen molar-refractivity contribution in [3.63, 3.8) is 0 Å². The van der Waals surface area contributed by atoms with Crippen LogP contribution in [0.4, 0.5) is 38.4 Å². The van der Waals surface area contributed by atoms with E-state index in [1.807, 2.05) is 55.3 Å². The topological polar surface area (TPSA) is 432 Å².